The molecule has 2 aromatic rings. The van der Waals surface area contributed by atoms with E-state index in [4.69, 9.17) is 10.8 Å². The van der Waals surface area contributed by atoms with Gasteiger partial charge in [-0.25, -0.2) is 0 Å². The zero-order valence-electron chi connectivity index (χ0n) is 47.7. The van der Waals surface area contributed by atoms with Gasteiger partial charge in [0, 0.05) is 38.6 Å². The molecule has 0 spiro atoms. The van der Waals surface area contributed by atoms with Gasteiger partial charge in [0.2, 0.25) is 53.2 Å². The Kier molecular flexibility index (Phi) is 29.1. The number of phenols is 1. The van der Waals surface area contributed by atoms with Crippen molar-refractivity contribution in [2.45, 2.75) is 166 Å². The fourth-order valence-electron chi connectivity index (χ4n) is 9.01. The number of nitrogens with zero attached hydrogens (tertiary/aromatic N) is 1. The van der Waals surface area contributed by atoms with Crippen LogP contribution in [0.1, 0.15) is 109 Å². The molecule has 9 amide bonds. The summed E-state index contributed by atoms with van der Waals surface area (Å²) in [5.74, 6) is -15.0. The van der Waals surface area contributed by atoms with Crippen LogP contribution in [0.2, 0.25) is 0 Å². The molecule has 29 nitrogen and oxygen atoms in total. The number of nitrogens with two attached hydrogens (primary N) is 1. The molecule has 1 fully saturated rings. The maximum absolute atomic E-state index is 14.5. The average molecular weight is 1200 g/mol. The van der Waals surface area contributed by atoms with E-state index >= 15 is 0 Å². The van der Waals surface area contributed by atoms with Crippen molar-refractivity contribution in [3.8, 4) is 5.75 Å². The van der Waals surface area contributed by atoms with E-state index in [9.17, 15) is 87.5 Å². The first-order valence-corrected chi connectivity index (χ1v) is 27.7. The Bertz CT molecular complexity index is 2690. The van der Waals surface area contributed by atoms with Crippen LogP contribution in [0.25, 0.3) is 0 Å². The monoisotopic (exact) mass is 1190 g/mol. The Morgan fingerprint density at radius 1 is 0.600 bits per heavy atom. The van der Waals surface area contributed by atoms with Crippen LogP contribution in [0.15, 0.2) is 54.6 Å². The fraction of sp³-hybridized carbons (Fsp3) is 0.536. The Labute approximate surface area is 489 Å². The normalized spacial score (nSPS) is 16.0. The van der Waals surface area contributed by atoms with Gasteiger partial charge in [0.1, 0.15) is 54.3 Å². The number of carboxylic acids is 4. The fourth-order valence-corrected chi connectivity index (χ4v) is 9.01. The molecule has 2 aromatic carbocycles. The summed E-state index contributed by atoms with van der Waals surface area (Å²) < 4.78 is 0. The molecular formula is C56H78N10O19. The third kappa shape index (κ3) is 24.8. The molecule has 10 atom stereocenters. The lowest BCUT2D eigenvalue weighted by atomic mass is 9.96. The van der Waals surface area contributed by atoms with Crippen molar-refractivity contribution in [1.82, 2.24) is 47.4 Å². The standard InChI is InChI=1S/C56H78N10O19/c1-5-31(4)48(65-52(81)39(19-22-46(74)75)61-51(80)38(18-21-45(72)73)62-54(83)41(25-32-10-7-6-8-11-32)63-49(78)36(57)27-47(76)77)56(85)66-23-9-12-42(66)55(84)58-28-43(69)60-37(17-20-44(70)71)50(79)64-40(26-33-13-15-35(68)16-14-33)53(82)59-34(29-67)24-30(2)3/h6-8,10-11,13-16,29-31,34,36-42,48,68H,5,9,12,17-28,57H2,1-4H3,(H,58,84)(H,59,82)(H,60,69)(H,61,80)(H,62,83)(H,63,78)(H,64,79)(H,65,81)(H,70,71)(H,72,73)(H,74,75)(H,76,77)/t31-,34-,36-,37-,38-,39-,40-,41-,42-,48-/m0/s1. The summed E-state index contributed by atoms with van der Waals surface area (Å²) in [4.78, 5) is 184. The SMILES string of the molecule is CC[C@H](C)[C@H](NC(=O)[C@H](CCC(=O)O)NC(=O)[C@H](CCC(=O)O)NC(=O)[C@H](Cc1ccccc1)NC(=O)[C@@H](N)CC(=O)O)C(=O)N1CCC[C@H]1C(=O)NCC(=O)N[C@@H](CCC(=O)O)C(=O)N[C@@H](Cc1ccc(O)cc1)C(=O)N[C@H](C=O)CC(C)C. The van der Waals surface area contributed by atoms with E-state index in [0.717, 1.165) is 4.90 Å². The second-order valence-corrected chi connectivity index (χ2v) is 21.1. The second-order valence-electron chi connectivity index (χ2n) is 21.1. The molecular weight excluding hydrogens is 1120 g/mol. The number of likely N-dealkylation sites (tertiary alicyclic amines) is 1. The van der Waals surface area contributed by atoms with Crippen LogP contribution in [0.5, 0.6) is 5.75 Å². The first kappa shape index (κ1) is 70.2. The first-order chi connectivity index (χ1) is 40.1. The number of aldehydes is 1. The van der Waals surface area contributed by atoms with Crippen molar-refractivity contribution >= 4 is 83.3 Å². The topological polar surface area (TPSA) is 466 Å². The van der Waals surface area contributed by atoms with Crippen molar-refractivity contribution in [2.75, 3.05) is 13.1 Å². The average Bonchev–Trinajstić information content (AvgIpc) is 3.73. The zero-order chi connectivity index (χ0) is 63.5. The highest BCUT2D eigenvalue weighted by Gasteiger charge is 2.41. The lowest BCUT2D eigenvalue weighted by Crippen LogP contribution is -2.60. The van der Waals surface area contributed by atoms with Crippen LogP contribution in [0.4, 0.5) is 0 Å². The number of amides is 9. The molecule has 1 aliphatic rings. The molecule has 0 bridgehead atoms. The van der Waals surface area contributed by atoms with Gasteiger partial charge in [-0.2, -0.15) is 0 Å². The summed E-state index contributed by atoms with van der Waals surface area (Å²) in [6.45, 7) is 6.11. The molecule has 466 valence electrons. The Morgan fingerprint density at radius 3 is 1.54 bits per heavy atom. The van der Waals surface area contributed by atoms with Gasteiger partial charge >= 0.3 is 23.9 Å². The van der Waals surface area contributed by atoms with E-state index in [1.54, 1.807) is 44.2 Å². The highest BCUT2D eigenvalue weighted by Crippen LogP contribution is 2.22. The lowest BCUT2D eigenvalue weighted by Gasteiger charge is -2.32. The molecule has 0 aromatic heterocycles. The molecule has 85 heavy (non-hydrogen) atoms. The predicted octanol–water partition coefficient (Wildman–Crippen LogP) is -1.63. The van der Waals surface area contributed by atoms with Gasteiger partial charge in [0.25, 0.3) is 0 Å². The van der Waals surface area contributed by atoms with E-state index in [0.29, 0.717) is 17.4 Å². The highest BCUT2D eigenvalue weighted by atomic mass is 16.4. The van der Waals surface area contributed by atoms with E-state index in [-0.39, 0.29) is 56.7 Å². The smallest absolute Gasteiger partial charge is 0.305 e. The number of nitrogens with one attached hydrogen (secondary N) is 8. The summed E-state index contributed by atoms with van der Waals surface area (Å²) in [5, 5.41) is 67.2. The van der Waals surface area contributed by atoms with E-state index in [1.807, 2.05) is 13.8 Å². The van der Waals surface area contributed by atoms with E-state index in [2.05, 4.69) is 42.5 Å². The van der Waals surface area contributed by atoms with Crippen molar-refractivity contribution in [2.24, 2.45) is 17.6 Å². The largest absolute Gasteiger partial charge is 0.508 e. The van der Waals surface area contributed by atoms with Crippen LogP contribution in [0.3, 0.4) is 0 Å². The highest BCUT2D eigenvalue weighted by molar-refractivity contribution is 5.99. The van der Waals surface area contributed by atoms with Crippen molar-refractivity contribution in [3.63, 3.8) is 0 Å². The quantitative estimate of drug-likeness (QED) is 0.0338. The minimum atomic E-state index is -1.75. The molecule has 1 heterocycles. The minimum absolute atomic E-state index is 0.00499. The van der Waals surface area contributed by atoms with Crippen molar-refractivity contribution < 1.29 is 92.7 Å². The summed E-state index contributed by atoms with van der Waals surface area (Å²) in [6, 6.07) is 0.676. The number of phenolic OH excluding ortho intramolecular Hbond substituents is 1. The number of hydrogen-bond acceptors (Lipinski definition) is 16. The Hall–Kier alpha value is -9.02. The van der Waals surface area contributed by atoms with Crippen LogP contribution >= 0.6 is 0 Å². The third-order valence-corrected chi connectivity index (χ3v) is 13.8. The number of carboxylic acid groups (broad SMARTS) is 4. The molecule has 0 saturated carbocycles. The number of aliphatic carboxylic acids is 4. The van der Waals surface area contributed by atoms with Gasteiger partial charge in [-0.15, -0.1) is 0 Å². The second kappa shape index (κ2) is 35.2. The van der Waals surface area contributed by atoms with Crippen LogP contribution in [0, 0.1) is 11.8 Å². The van der Waals surface area contributed by atoms with Gasteiger partial charge in [-0.1, -0.05) is 76.6 Å². The molecule has 29 heteroatoms. The van der Waals surface area contributed by atoms with Gasteiger partial charge in [0.05, 0.1) is 25.0 Å². The summed E-state index contributed by atoms with van der Waals surface area (Å²) in [7, 11) is 0. The Balaban J connectivity index is 1.82. The molecule has 0 aliphatic carbocycles. The van der Waals surface area contributed by atoms with Gasteiger partial charge < -0.3 is 83.5 Å². The Morgan fingerprint density at radius 2 is 1.06 bits per heavy atom. The molecule has 3 rings (SSSR count). The number of benzene rings is 2. The molecule has 0 radical (unpaired) electrons. The number of rotatable bonds is 37. The number of carbonyl (C=O) groups is 14. The summed E-state index contributed by atoms with van der Waals surface area (Å²) in [5.41, 5.74) is 6.71. The lowest BCUT2D eigenvalue weighted by molar-refractivity contribution is -0.143. The van der Waals surface area contributed by atoms with E-state index < -0.39 is 189 Å². The molecule has 1 saturated heterocycles. The molecule has 15 N–H and O–H groups in total. The molecule has 0 unspecified atom stereocenters. The summed E-state index contributed by atoms with van der Waals surface area (Å²) in [6.07, 6.45) is -3.50. The minimum Gasteiger partial charge on any atom is -0.508 e. The van der Waals surface area contributed by atoms with Gasteiger partial charge in [0.15, 0.2) is 0 Å². The van der Waals surface area contributed by atoms with Crippen LogP contribution in [-0.4, -0.2) is 181 Å². The number of aromatic hydroxyl groups is 1. The maximum Gasteiger partial charge on any atom is 0.305 e. The van der Waals surface area contributed by atoms with Gasteiger partial charge in [-0.3, -0.25) is 62.3 Å². The predicted molar refractivity (Wildman–Crippen MR) is 299 cm³/mol. The summed E-state index contributed by atoms with van der Waals surface area (Å²) >= 11 is 0. The molecule has 1 aliphatic heterocycles. The van der Waals surface area contributed by atoms with E-state index in [1.165, 1.54) is 24.3 Å². The van der Waals surface area contributed by atoms with Crippen molar-refractivity contribution in [3.05, 3.63) is 65.7 Å². The third-order valence-electron chi connectivity index (χ3n) is 13.8. The van der Waals surface area contributed by atoms with Crippen LogP contribution < -0.4 is 48.3 Å². The number of hydrogen-bond donors (Lipinski definition) is 14. The van der Waals surface area contributed by atoms with Crippen molar-refractivity contribution in [1.29, 1.82) is 0 Å². The maximum atomic E-state index is 14.5. The number of carbonyl (C=O) groups excluding carboxylic acids is 10. The first-order valence-electron chi connectivity index (χ1n) is 27.7. The van der Waals surface area contributed by atoms with Gasteiger partial charge in [-0.05, 0) is 73.6 Å². The zero-order valence-corrected chi connectivity index (χ0v) is 47.7. The van der Waals surface area contributed by atoms with Crippen LogP contribution in [-0.2, 0) is 80.0 Å².